The number of carbonyl (C=O) groups is 1. The zero-order chi connectivity index (χ0) is 18.0. The molecule has 3 rings (SSSR count). The number of methoxy groups -OCH3 is 1. The number of ether oxygens (including phenoxy) is 2. The molecule has 0 bridgehead atoms. The number of carbonyl (C=O) groups excluding carboxylic acids is 1. The molecule has 0 saturated carbocycles. The molecule has 1 aliphatic heterocycles. The van der Waals surface area contributed by atoms with Gasteiger partial charge in [0, 0.05) is 5.69 Å². The fourth-order valence-corrected chi connectivity index (χ4v) is 3.15. The van der Waals surface area contributed by atoms with Gasteiger partial charge in [-0.25, -0.2) is 13.6 Å². The van der Waals surface area contributed by atoms with E-state index in [1.807, 2.05) is 18.2 Å². The van der Waals surface area contributed by atoms with Gasteiger partial charge in [-0.05, 0) is 54.4 Å². The van der Waals surface area contributed by atoms with Gasteiger partial charge in [-0.15, -0.1) is 0 Å². The van der Waals surface area contributed by atoms with Crippen LogP contribution in [0.1, 0.15) is 5.56 Å². The molecule has 25 heavy (non-hydrogen) atoms. The lowest BCUT2D eigenvalue weighted by atomic mass is 9.95. The molecule has 3 N–H and O–H groups in total. The van der Waals surface area contributed by atoms with Crippen molar-refractivity contribution < 1.29 is 22.7 Å². The van der Waals surface area contributed by atoms with Crippen LogP contribution in [0.25, 0.3) is 0 Å². The number of hydrogen-bond acceptors (Lipinski definition) is 5. The van der Waals surface area contributed by atoms with Gasteiger partial charge in [-0.3, -0.25) is 4.79 Å². The van der Waals surface area contributed by atoms with Crippen LogP contribution in [0.4, 0.5) is 5.69 Å². The van der Waals surface area contributed by atoms with Crippen molar-refractivity contribution in [3.63, 3.8) is 0 Å². The van der Waals surface area contributed by atoms with E-state index < -0.39 is 10.0 Å². The van der Waals surface area contributed by atoms with E-state index in [4.69, 9.17) is 14.6 Å². The Kier molecular flexibility index (Phi) is 4.65. The molecule has 1 unspecified atom stereocenters. The Labute approximate surface area is 145 Å². The van der Waals surface area contributed by atoms with Gasteiger partial charge >= 0.3 is 0 Å². The second-order valence-corrected chi connectivity index (χ2v) is 7.31. The van der Waals surface area contributed by atoms with Crippen LogP contribution in [-0.2, 0) is 21.2 Å². The van der Waals surface area contributed by atoms with Crippen LogP contribution in [0.5, 0.6) is 11.5 Å². The zero-order valence-corrected chi connectivity index (χ0v) is 14.4. The van der Waals surface area contributed by atoms with Gasteiger partial charge < -0.3 is 14.8 Å². The summed E-state index contributed by atoms with van der Waals surface area (Å²) in [5.74, 6) is 0.915. The monoisotopic (exact) mass is 362 g/mol. The van der Waals surface area contributed by atoms with Crippen molar-refractivity contribution in [2.45, 2.75) is 11.3 Å². The van der Waals surface area contributed by atoms with Gasteiger partial charge in [-0.2, -0.15) is 0 Å². The summed E-state index contributed by atoms with van der Waals surface area (Å²) in [6.07, 6.45) is 0.535. The van der Waals surface area contributed by atoms with E-state index in [1.165, 1.54) is 24.3 Å². The molecule has 7 nitrogen and oxygen atoms in total. The van der Waals surface area contributed by atoms with Gasteiger partial charge in [0.1, 0.15) is 18.1 Å². The Hall–Kier alpha value is -2.58. The number of fused-ring (bicyclic) bond motifs is 1. The molecule has 2 aromatic rings. The zero-order valence-electron chi connectivity index (χ0n) is 13.6. The van der Waals surface area contributed by atoms with Crippen LogP contribution in [0.15, 0.2) is 47.4 Å². The van der Waals surface area contributed by atoms with Crippen molar-refractivity contribution in [2.24, 2.45) is 11.1 Å². The first-order valence-electron chi connectivity index (χ1n) is 7.60. The lowest BCUT2D eigenvalue weighted by molar-refractivity contribution is -0.121. The Morgan fingerprint density at radius 3 is 2.60 bits per heavy atom. The summed E-state index contributed by atoms with van der Waals surface area (Å²) in [4.78, 5) is 12.4. The lowest BCUT2D eigenvalue weighted by Gasteiger charge is -2.25. The summed E-state index contributed by atoms with van der Waals surface area (Å²) >= 11 is 0. The Morgan fingerprint density at radius 2 is 1.96 bits per heavy atom. The molecule has 0 spiro atoms. The van der Waals surface area contributed by atoms with Crippen molar-refractivity contribution in [3.8, 4) is 11.5 Å². The van der Waals surface area contributed by atoms with Gasteiger partial charge in [0.15, 0.2) is 0 Å². The van der Waals surface area contributed by atoms with Crippen molar-refractivity contribution in [1.29, 1.82) is 0 Å². The maximum absolute atomic E-state index is 12.4. The molecule has 1 atom stereocenters. The van der Waals surface area contributed by atoms with E-state index in [1.54, 1.807) is 7.11 Å². The molecule has 1 heterocycles. The van der Waals surface area contributed by atoms with E-state index in [0.717, 1.165) is 11.3 Å². The first-order valence-corrected chi connectivity index (χ1v) is 9.15. The van der Waals surface area contributed by atoms with Crippen molar-refractivity contribution in [2.75, 3.05) is 19.0 Å². The van der Waals surface area contributed by atoms with Gasteiger partial charge in [-0.1, -0.05) is 0 Å². The summed E-state index contributed by atoms with van der Waals surface area (Å²) in [5, 5.41) is 7.82. The fraction of sp³-hybridized carbons (Fsp3) is 0.235. The van der Waals surface area contributed by atoms with E-state index in [-0.39, 0.29) is 23.3 Å². The summed E-state index contributed by atoms with van der Waals surface area (Å²) < 4.78 is 33.3. The van der Waals surface area contributed by atoms with Crippen LogP contribution in [-0.4, -0.2) is 28.0 Å². The van der Waals surface area contributed by atoms with Gasteiger partial charge in [0.2, 0.25) is 15.9 Å². The van der Waals surface area contributed by atoms with E-state index in [0.29, 0.717) is 17.9 Å². The number of amides is 1. The minimum absolute atomic E-state index is 0.00692. The maximum Gasteiger partial charge on any atom is 0.238 e. The van der Waals surface area contributed by atoms with Gasteiger partial charge in [0.25, 0.3) is 0 Å². The Morgan fingerprint density at radius 1 is 1.24 bits per heavy atom. The van der Waals surface area contributed by atoms with Crippen LogP contribution >= 0.6 is 0 Å². The van der Waals surface area contributed by atoms with Gasteiger partial charge in [0.05, 0.1) is 17.9 Å². The molecule has 0 aliphatic carbocycles. The third-order valence-corrected chi connectivity index (χ3v) is 4.92. The number of sulfonamides is 1. The van der Waals surface area contributed by atoms with Crippen molar-refractivity contribution in [3.05, 3.63) is 48.0 Å². The first kappa shape index (κ1) is 17.2. The number of nitrogens with one attached hydrogen (secondary N) is 1. The molecule has 2 aromatic carbocycles. The molecular formula is C17H18N2O5S. The molecule has 0 aromatic heterocycles. The maximum atomic E-state index is 12.4. The smallest absolute Gasteiger partial charge is 0.238 e. The third kappa shape index (κ3) is 3.92. The Balaban J connectivity index is 1.69. The molecular weight excluding hydrogens is 344 g/mol. The molecule has 1 aliphatic rings. The minimum atomic E-state index is -3.75. The number of anilines is 1. The topological polar surface area (TPSA) is 108 Å². The normalized spacial score (nSPS) is 16.5. The second-order valence-electron chi connectivity index (χ2n) is 5.74. The number of benzene rings is 2. The number of rotatable bonds is 4. The summed E-state index contributed by atoms with van der Waals surface area (Å²) in [7, 11) is -2.17. The number of hydrogen-bond donors (Lipinski definition) is 2. The van der Waals surface area contributed by atoms with E-state index in [9.17, 15) is 13.2 Å². The summed E-state index contributed by atoms with van der Waals surface area (Å²) in [5.41, 5.74) is 1.41. The molecule has 132 valence electrons. The quantitative estimate of drug-likeness (QED) is 0.858. The highest BCUT2D eigenvalue weighted by Gasteiger charge is 2.26. The molecule has 8 heteroatoms. The van der Waals surface area contributed by atoms with Crippen LogP contribution in [0.2, 0.25) is 0 Å². The third-order valence-electron chi connectivity index (χ3n) is 4.00. The van der Waals surface area contributed by atoms with Crippen molar-refractivity contribution in [1.82, 2.24) is 0 Å². The number of nitrogens with two attached hydrogens (primary N) is 1. The average molecular weight is 362 g/mol. The lowest BCUT2D eigenvalue weighted by Crippen LogP contribution is -2.32. The summed E-state index contributed by atoms with van der Waals surface area (Å²) in [6.45, 7) is 0.278. The number of primary sulfonamides is 1. The average Bonchev–Trinajstić information content (AvgIpc) is 2.60. The van der Waals surface area contributed by atoms with Crippen LogP contribution in [0.3, 0.4) is 0 Å². The predicted molar refractivity (Wildman–Crippen MR) is 92.1 cm³/mol. The SMILES string of the molecule is COc1ccc2c(c1)CC(C(=O)Nc1ccc(S(N)(=O)=O)cc1)CO2. The molecule has 0 radical (unpaired) electrons. The Bertz CT molecular complexity index is 894. The minimum Gasteiger partial charge on any atom is -0.497 e. The van der Waals surface area contributed by atoms with E-state index in [2.05, 4.69) is 5.32 Å². The standard InChI is InChI=1S/C17H18N2O5S/c1-23-14-4-7-16-11(9-14)8-12(10-24-16)17(20)19-13-2-5-15(6-3-13)25(18,21)22/h2-7,9,12H,8,10H2,1H3,(H,19,20)(H2,18,21,22). The largest absolute Gasteiger partial charge is 0.497 e. The highest BCUT2D eigenvalue weighted by atomic mass is 32.2. The highest BCUT2D eigenvalue weighted by molar-refractivity contribution is 7.89. The highest BCUT2D eigenvalue weighted by Crippen LogP contribution is 2.31. The molecule has 0 saturated heterocycles. The second kappa shape index (κ2) is 6.73. The molecule has 1 amide bonds. The van der Waals surface area contributed by atoms with Crippen LogP contribution in [0, 0.1) is 5.92 Å². The fourth-order valence-electron chi connectivity index (χ4n) is 2.64. The summed E-state index contributed by atoms with van der Waals surface area (Å²) in [6, 6.07) is 11.2. The molecule has 0 fully saturated rings. The van der Waals surface area contributed by atoms with Crippen molar-refractivity contribution >= 4 is 21.6 Å². The predicted octanol–water partition coefficient (Wildman–Crippen LogP) is 1.53. The first-order chi connectivity index (χ1) is 11.9. The van der Waals surface area contributed by atoms with E-state index >= 15 is 0 Å². The van der Waals surface area contributed by atoms with Crippen LogP contribution < -0.4 is 19.9 Å².